The monoisotopic (exact) mass is 668 g/mol. The van der Waals surface area contributed by atoms with Crippen LogP contribution in [0.2, 0.25) is 5.02 Å². The molecular formula is C47H41ClN2. The van der Waals surface area contributed by atoms with E-state index in [1.807, 2.05) is 49.5 Å². The Morgan fingerprint density at radius 3 is 1.66 bits per heavy atom. The summed E-state index contributed by atoms with van der Waals surface area (Å²) in [6.07, 6.45) is 10.6. The minimum absolute atomic E-state index is 0.334. The lowest BCUT2D eigenvalue weighted by Gasteiger charge is -2.37. The lowest BCUT2D eigenvalue weighted by molar-refractivity contribution is 0.352. The first-order valence-electron chi connectivity index (χ1n) is 17.5. The zero-order valence-corrected chi connectivity index (χ0v) is 29.2. The van der Waals surface area contributed by atoms with Crippen LogP contribution in [0.1, 0.15) is 66.2 Å². The van der Waals surface area contributed by atoms with Gasteiger partial charge in [-0.1, -0.05) is 146 Å². The van der Waals surface area contributed by atoms with Crippen LogP contribution in [0.5, 0.6) is 0 Å². The Morgan fingerprint density at radius 1 is 0.620 bits per heavy atom. The number of halogens is 1. The summed E-state index contributed by atoms with van der Waals surface area (Å²) in [7, 11) is 0. The molecule has 0 aliphatic heterocycles. The van der Waals surface area contributed by atoms with E-state index in [-0.39, 0.29) is 0 Å². The molecule has 1 fully saturated rings. The van der Waals surface area contributed by atoms with E-state index in [2.05, 4.69) is 132 Å². The van der Waals surface area contributed by atoms with Crippen LogP contribution >= 0.6 is 11.6 Å². The normalized spacial score (nSPS) is 17.9. The quantitative estimate of drug-likeness (QED) is 0.141. The third kappa shape index (κ3) is 7.18. The number of allylic oxidation sites excluding steroid dienone is 2. The summed E-state index contributed by atoms with van der Waals surface area (Å²) in [4.78, 5) is 9.04. The van der Waals surface area contributed by atoms with Crippen molar-refractivity contribution in [2.24, 2.45) is 4.99 Å². The molecule has 0 amide bonds. The van der Waals surface area contributed by atoms with Crippen molar-refractivity contribution in [3.63, 3.8) is 0 Å². The first-order chi connectivity index (χ1) is 24.6. The predicted molar refractivity (Wildman–Crippen MR) is 212 cm³/mol. The second-order valence-electron chi connectivity index (χ2n) is 13.1. The molecule has 1 aromatic heterocycles. The Balaban J connectivity index is 1.26. The van der Waals surface area contributed by atoms with E-state index in [1.165, 1.54) is 38.9 Å². The molecule has 2 nitrogen and oxygen atoms in total. The zero-order valence-electron chi connectivity index (χ0n) is 28.4. The number of hydrogen-bond donors (Lipinski definition) is 0. The second kappa shape index (κ2) is 15.5. The molecule has 3 heteroatoms. The van der Waals surface area contributed by atoms with Crippen LogP contribution in [0, 0.1) is 0 Å². The summed E-state index contributed by atoms with van der Waals surface area (Å²) in [5.74, 6) is 1.04. The molecule has 0 saturated heterocycles. The molecule has 1 aliphatic carbocycles. The van der Waals surface area contributed by atoms with Gasteiger partial charge in [-0.3, -0.25) is 9.98 Å². The van der Waals surface area contributed by atoms with Crippen molar-refractivity contribution >= 4 is 17.3 Å². The minimum atomic E-state index is 0.334. The number of hydrogen-bond acceptors (Lipinski definition) is 2. The van der Waals surface area contributed by atoms with Gasteiger partial charge in [0, 0.05) is 28.5 Å². The molecule has 5 aromatic carbocycles. The summed E-state index contributed by atoms with van der Waals surface area (Å²) in [5.41, 5.74) is 13.2. The lowest BCUT2D eigenvalue weighted by atomic mass is 9.67. The highest BCUT2D eigenvalue weighted by Gasteiger charge is 2.34. The van der Waals surface area contributed by atoms with Crippen molar-refractivity contribution < 1.29 is 0 Å². The smallest absolute Gasteiger partial charge is 0.0701 e. The van der Waals surface area contributed by atoms with E-state index in [4.69, 9.17) is 11.6 Å². The van der Waals surface area contributed by atoms with Crippen molar-refractivity contribution in [3.05, 3.63) is 198 Å². The number of aliphatic imine (C=N–C) groups is 1. The first-order valence-corrected chi connectivity index (χ1v) is 17.9. The molecular weight excluding hydrogens is 628 g/mol. The average molecular weight is 669 g/mol. The van der Waals surface area contributed by atoms with E-state index in [9.17, 15) is 0 Å². The highest BCUT2D eigenvalue weighted by Crippen LogP contribution is 2.51. The molecule has 6 aromatic rings. The number of pyridine rings is 1. The van der Waals surface area contributed by atoms with Crippen molar-refractivity contribution in [1.82, 2.24) is 4.98 Å². The van der Waals surface area contributed by atoms with Crippen LogP contribution in [-0.2, 0) is 0 Å². The summed E-state index contributed by atoms with van der Waals surface area (Å²) < 4.78 is 0. The maximum absolute atomic E-state index is 6.92. The van der Waals surface area contributed by atoms with Crippen molar-refractivity contribution in [3.8, 4) is 33.5 Å². The number of benzene rings is 5. The van der Waals surface area contributed by atoms with E-state index < -0.39 is 0 Å². The molecule has 0 radical (unpaired) electrons. The Morgan fingerprint density at radius 2 is 1.12 bits per heavy atom. The van der Waals surface area contributed by atoms with Crippen LogP contribution < -0.4 is 0 Å². The van der Waals surface area contributed by atoms with Crippen molar-refractivity contribution in [2.45, 2.75) is 43.9 Å². The maximum Gasteiger partial charge on any atom is 0.0701 e. The molecule has 1 heterocycles. The van der Waals surface area contributed by atoms with Crippen molar-refractivity contribution in [2.75, 3.05) is 0 Å². The van der Waals surface area contributed by atoms with Gasteiger partial charge in [0.05, 0.1) is 11.4 Å². The molecule has 0 bridgehead atoms. The van der Waals surface area contributed by atoms with E-state index in [0.29, 0.717) is 17.8 Å². The topological polar surface area (TPSA) is 25.2 Å². The molecule has 3 unspecified atom stereocenters. The Bertz CT molecular complexity index is 2130. The van der Waals surface area contributed by atoms with Crippen LogP contribution in [0.4, 0.5) is 0 Å². The molecule has 1 aliphatic rings. The van der Waals surface area contributed by atoms with Crippen LogP contribution in [0.3, 0.4) is 0 Å². The second-order valence-corrected chi connectivity index (χ2v) is 13.5. The average Bonchev–Trinajstić information content (AvgIpc) is 3.18. The van der Waals surface area contributed by atoms with Gasteiger partial charge in [-0.15, -0.1) is 0 Å². The van der Waals surface area contributed by atoms with Gasteiger partial charge in [0.2, 0.25) is 0 Å². The predicted octanol–water partition coefficient (Wildman–Crippen LogP) is 13.1. The zero-order chi connectivity index (χ0) is 34.3. The third-order valence-electron chi connectivity index (χ3n) is 10.1. The van der Waals surface area contributed by atoms with Crippen molar-refractivity contribution in [1.29, 1.82) is 0 Å². The molecule has 3 atom stereocenters. The van der Waals surface area contributed by atoms with Gasteiger partial charge in [-0.05, 0) is 107 Å². The van der Waals surface area contributed by atoms with Gasteiger partial charge in [0.25, 0.3) is 0 Å². The van der Waals surface area contributed by atoms with Gasteiger partial charge < -0.3 is 0 Å². The number of rotatable bonds is 9. The molecule has 0 N–H and O–H groups in total. The molecule has 246 valence electrons. The van der Waals surface area contributed by atoms with Gasteiger partial charge in [0.15, 0.2) is 0 Å². The van der Waals surface area contributed by atoms with Crippen LogP contribution in [0.15, 0.2) is 176 Å². The summed E-state index contributed by atoms with van der Waals surface area (Å²) in [6, 6.07) is 50.1. The molecule has 1 saturated carbocycles. The fourth-order valence-corrected chi connectivity index (χ4v) is 8.05. The minimum Gasteiger partial charge on any atom is -0.257 e. The maximum atomic E-state index is 6.92. The SMILES string of the molecule is C=CN=C(/C=C\C)c1ccc(-c2ccccc2C2CC(c3ccccc3Cl)CC(c3ccccc3-c3ccc(-c4ccccn4)cc3)C2)cc1. The van der Waals surface area contributed by atoms with Crippen LogP contribution in [-0.4, -0.2) is 10.7 Å². The van der Waals surface area contributed by atoms with E-state index >= 15 is 0 Å². The fraction of sp³-hybridized carbons (Fsp3) is 0.149. The largest absolute Gasteiger partial charge is 0.257 e. The molecule has 50 heavy (non-hydrogen) atoms. The Hall–Kier alpha value is -5.31. The van der Waals surface area contributed by atoms with Gasteiger partial charge in [-0.2, -0.15) is 0 Å². The van der Waals surface area contributed by atoms with Gasteiger partial charge in [0.1, 0.15) is 0 Å². The lowest BCUT2D eigenvalue weighted by Crippen LogP contribution is -2.21. The number of nitrogens with zero attached hydrogens (tertiary/aromatic N) is 2. The van der Waals surface area contributed by atoms with Gasteiger partial charge >= 0.3 is 0 Å². The summed E-state index contributed by atoms with van der Waals surface area (Å²) >= 11 is 6.92. The summed E-state index contributed by atoms with van der Waals surface area (Å²) in [6.45, 7) is 5.81. The fourth-order valence-electron chi connectivity index (χ4n) is 7.76. The Labute approximate surface area is 301 Å². The Kier molecular flexibility index (Phi) is 10.3. The van der Waals surface area contributed by atoms with Gasteiger partial charge in [-0.25, -0.2) is 0 Å². The highest BCUT2D eigenvalue weighted by molar-refractivity contribution is 6.31. The number of aromatic nitrogens is 1. The molecule has 0 spiro atoms. The van der Waals surface area contributed by atoms with E-state index in [0.717, 1.165) is 46.8 Å². The van der Waals surface area contributed by atoms with Crippen LogP contribution in [0.25, 0.3) is 33.5 Å². The van der Waals surface area contributed by atoms with E-state index in [1.54, 1.807) is 6.20 Å². The first kappa shape index (κ1) is 33.2. The third-order valence-corrected chi connectivity index (χ3v) is 10.4. The summed E-state index contributed by atoms with van der Waals surface area (Å²) in [5, 5.41) is 0.859. The molecule has 7 rings (SSSR count). The standard InChI is InChI=1S/C47H41ClN2/c1-3-13-46(49-4-2)35-25-21-33(22-26-35)40-14-5-7-16-42(40)37-30-38(32-39(31-37)44-18-9-10-19-45(44)48)43-17-8-6-15-41(43)34-23-27-36(28-24-34)47-20-11-12-29-50-47/h3-29,37-39H,2,30-32H2,1H3/b13-3-,49-46?. The highest BCUT2D eigenvalue weighted by atomic mass is 35.5.